The van der Waals surface area contributed by atoms with E-state index in [1.165, 1.54) is 19.4 Å². The van der Waals surface area contributed by atoms with Crippen molar-refractivity contribution in [1.82, 2.24) is 4.57 Å². The minimum Gasteiger partial charge on any atom is -0.477 e. The zero-order chi connectivity index (χ0) is 27.7. The molecule has 3 aromatic rings. The summed E-state index contributed by atoms with van der Waals surface area (Å²) in [7, 11) is 1.48. The second-order valence-electron chi connectivity index (χ2n) is 9.49. The SMILES string of the molecule is CCc1cc2c(cc1Cc1cc(N3CCCC3=O)cc(Cl)c1F)c(=O)c(C(=O)O)cn2C(CO)C(C)OC. The Bertz CT molecular complexity index is 1470. The zero-order valence-corrected chi connectivity index (χ0v) is 22.2. The van der Waals surface area contributed by atoms with E-state index in [9.17, 15) is 24.6 Å². The Morgan fingerprint density at radius 2 is 1.92 bits per heavy atom. The monoisotopic (exact) mass is 544 g/mol. The van der Waals surface area contributed by atoms with E-state index in [-0.39, 0.29) is 34.9 Å². The van der Waals surface area contributed by atoms with E-state index in [2.05, 4.69) is 0 Å². The van der Waals surface area contributed by atoms with Gasteiger partial charge >= 0.3 is 5.97 Å². The van der Waals surface area contributed by atoms with E-state index in [4.69, 9.17) is 16.3 Å². The van der Waals surface area contributed by atoms with Gasteiger partial charge in [-0.1, -0.05) is 18.5 Å². The molecule has 1 aromatic heterocycles. The summed E-state index contributed by atoms with van der Waals surface area (Å²) in [6.45, 7) is 3.84. The number of amides is 1. The normalized spacial score (nSPS) is 15.3. The molecule has 1 fully saturated rings. The van der Waals surface area contributed by atoms with Gasteiger partial charge in [0.1, 0.15) is 11.4 Å². The molecular weight excluding hydrogens is 515 g/mol. The summed E-state index contributed by atoms with van der Waals surface area (Å²) < 4.78 is 22.1. The maximum Gasteiger partial charge on any atom is 0.341 e. The number of hydrogen-bond donors (Lipinski definition) is 2. The molecule has 0 aliphatic carbocycles. The highest BCUT2D eigenvalue weighted by molar-refractivity contribution is 6.31. The number of hydrogen-bond acceptors (Lipinski definition) is 5. The molecule has 38 heavy (non-hydrogen) atoms. The lowest BCUT2D eigenvalue weighted by Gasteiger charge is -2.26. The smallest absolute Gasteiger partial charge is 0.341 e. The molecule has 202 valence electrons. The highest BCUT2D eigenvalue weighted by atomic mass is 35.5. The Balaban J connectivity index is 1.91. The molecule has 1 aliphatic heterocycles. The molecule has 2 atom stereocenters. The summed E-state index contributed by atoms with van der Waals surface area (Å²) in [4.78, 5) is 39.0. The number of methoxy groups -OCH3 is 1. The third-order valence-corrected chi connectivity index (χ3v) is 7.55. The Hall–Kier alpha value is -3.27. The molecule has 1 saturated heterocycles. The fourth-order valence-electron chi connectivity index (χ4n) is 5.07. The lowest BCUT2D eigenvalue weighted by molar-refractivity contribution is -0.117. The van der Waals surface area contributed by atoms with Crippen LogP contribution >= 0.6 is 11.6 Å². The molecule has 1 aliphatic rings. The van der Waals surface area contributed by atoms with Gasteiger partial charge in [-0.15, -0.1) is 0 Å². The van der Waals surface area contributed by atoms with Gasteiger partial charge in [0.05, 0.1) is 29.3 Å². The fourth-order valence-corrected chi connectivity index (χ4v) is 5.30. The van der Waals surface area contributed by atoms with E-state index in [1.807, 2.05) is 6.92 Å². The number of carboxylic acids is 1. The molecule has 2 aromatic carbocycles. The first-order valence-electron chi connectivity index (χ1n) is 12.5. The van der Waals surface area contributed by atoms with Crippen molar-refractivity contribution in [2.24, 2.45) is 0 Å². The minimum absolute atomic E-state index is 0.0518. The van der Waals surface area contributed by atoms with Crippen LogP contribution in [0.25, 0.3) is 10.9 Å². The number of ether oxygens (including phenoxy) is 1. The lowest BCUT2D eigenvalue weighted by Crippen LogP contribution is -2.30. The average Bonchev–Trinajstić information content (AvgIpc) is 3.33. The maximum absolute atomic E-state index is 15.2. The predicted molar refractivity (Wildman–Crippen MR) is 143 cm³/mol. The van der Waals surface area contributed by atoms with Gasteiger partial charge in [-0.2, -0.15) is 0 Å². The van der Waals surface area contributed by atoms with E-state index >= 15 is 4.39 Å². The molecule has 1 amide bonds. The highest BCUT2D eigenvalue weighted by Gasteiger charge is 2.26. The number of aliphatic hydroxyl groups excluding tert-OH is 1. The van der Waals surface area contributed by atoms with Crippen LogP contribution in [0.3, 0.4) is 0 Å². The summed E-state index contributed by atoms with van der Waals surface area (Å²) in [5, 5.41) is 19.9. The summed E-state index contributed by atoms with van der Waals surface area (Å²) >= 11 is 6.21. The first-order valence-corrected chi connectivity index (χ1v) is 12.8. The van der Waals surface area contributed by atoms with Crippen LogP contribution in [0.2, 0.25) is 5.02 Å². The maximum atomic E-state index is 15.2. The van der Waals surface area contributed by atoms with Gasteiger partial charge in [0, 0.05) is 43.8 Å². The molecule has 0 saturated carbocycles. The number of carbonyl (C=O) groups excluding carboxylic acids is 1. The number of anilines is 1. The number of pyridine rings is 1. The number of aromatic nitrogens is 1. The van der Waals surface area contributed by atoms with Crippen molar-refractivity contribution in [2.75, 3.05) is 25.2 Å². The van der Waals surface area contributed by atoms with E-state index in [0.717, 1.165) is 5.56 Å². The standard InChI is InChI=1S/C28H30ClFN2O6/c1-4-16-11-23-20(27(35)21(28(36)37)13-32(23)24(14-33)15(2)38-3)10-17(16)8-18-9-19(12-22(29)26(18)30)31-7-5-6-25(31)34/h9-13,15,24,33H,4-8,14H2,1-3H3,(H,36,37). The van der Waals surface area contributed by atoms with Gasteiger partial charge in [0.25, 0.3) is 0 Å². The van der Waals surface area contributed by atoms with E-state index < -0.39 is 34.9 Å². The van der Waals surface area contributed by atoms with Crippen molar-refractivity contribution >= 4 is 40.1 Å². The molecule has 0 bridgehead atoms. The van der Waals surface area contributed by atoms with Gasteiger partial charge in [0.15, 0.2) is 0 Å². The van der Waals surface area contributed by atoms with Crippen LogP contribution in [0.1, 0.15) is 59.8 Å². The predicted octanol–water partition coefficient (Wildman–Crippen LogP) is 4.34. The van der Waals surface area contributed by atoms with E-state index in [0.29, 0.717) is 42.6 Å². The molecule has 0 radical (unpaired) electrons. The van der Waals surface area contributed by atoms with Crippen molar-refractivity contribution in [2.45, 2.75) is 51.7 Å². The second kappa shape index (κ2) is 11.2. The summed E-state index contributed by atoms with van der Waals surface area (Å²) in [6, 6.07) is 5.75. The number of halogens is 2. The number of benzene rings is 2. The second-order valence-corrected chi connectivity index (χ2v) is 9.90. The molecule has 8 nitrogen and oxygen atoms in total. The Morgan fingerprint density at radius 3 is 2.50 bits per heavy atom. The van der Waals surface area contributed by atoms with Gasteiger partial charge in [-0.25, -0.2) is 9.18 Å². The number of carboxylic acid groups (broad SMARTS) is 1. The molecule has 2 heterocycles. The summed E-state index contributed by atoms with van der Waals surface area (Å²) in [6.07, 6.45) is 2.51. The minimum atomic E-state index is -1.39. The number of aromatic carboxylic acids is 1. The van der Waals surface area contributed by atoms with Crippen LogP contribution < -0.4 is 10.3 Å². The van der Waals surface area contributed by atoms with Crippen LogP contribution in [0.5, 0.6) is 0 Å². The molecular formula is C28H30ClFN2O6. The van der Waals surface area contributed by atoms with Gasteiger partial charge in [-0.3, -0.25) is 9.59 Å². The lowest BCUT2D eigenvalue weighted by atomic mass is 9.94. The highest BCUT2D eigenvalue weighted by Crippen LogP contribution is 2.32. The largest absolute Gasteiger partial charge is 0.477 e. The number of rotatable bonds is 9. The molecule has 10 heteroatoms. The van der Waals surface area contributed by atoms with Crippen LogP contribution in [0.4, 0.5) is 10.1 Å². The number of fused-ring (bicyclic) bond motifs is 1. The summed E-state index contributed by atoms with van der Waals surface area (Å²) in [5.41, 5.74) is 1.54. The Morgan fingerprint density at radius 1 is 1.18 bits per heavy atom. The number of carbonyl (C=O) groups is 2. The number of aliphatic hydroxyl groups is 1. The topological polar surface area (TPSA) is 109 Å². The van der Waals surface area contributed by atoms with Crippen LogP contribution in [-0.2, 0) is 22.4 Å². The molecule has 2 N–H and O–H groups in total. The molecule has 0 spiro atoms. The number of nitrogens with zero attached hydrogens (tertiary/aromatic N) is 2. The van der Waals surface area contributed by atoms with Crippen LogP contribution in [0.15, 0.2) is 35.3 Å². The fraction of sp³-hybridized carbons (Fsp3) is 0.393. The van der Waals surface area contributed by atoms with Crippen molar-refractivity contribution in [3.63, 3.8) is 0 Å². The third-order valence-electron chi connectivity index (χ3n) is 7.28. The molecule has 4 rings (SSSR count). The number of aryl methyl sites for hydroxylation is 1. The molecule has 2 unspecified atom stereocenters. The van der Waals surface area contributed by atoms with Gasteiger partial charge < -0.3 is 24.4 Å². The van der Waals surface area contributed by atoms with Crippen molar-refractivity contribution in [3.8, 4) is 0 Å². The quantitative estimate of drug-likeness (QED) is 0.415. The van der Waals surface area contributed by atoms with Crippen LogP contribution in [0, 0.1) is 5.82 Å². The third kappa shape index (κ3) is 5.06. The van der Waals surface area contributed by atoms with Crippen molar-refractivity contribution < 1.29 is 28.9 Å². The van der Waals surface area contributed by atoms with Crippen molar-refractivity contribution in [3.05, 3.63) is 73.8 Å². The first kappa shape index (κ1) is 27.8. The van der Waals surface area contributed by atoms with E-state index in [1.54, 1.807) is 34.6 Å². The van der Waals surface area contributed by atoms with Crippen LogP contribution in [-0.4, -0.2) is 53.0 Å². The first-order chi connectivity index (χ1) is 18.1. The summed E-state index contributed by atoms with van der Waals surface area (Å²) in [5.74, 6) is -2.06. The average molecular weight is 545 g/mol. The zero-order valence-electron chi connectivity index (χ0n) is 21.5. The Kier molecular flexibility index (Phi) is 8.20. The Labute approximate surface area is 224 Å². The van der Waals surface area contributed by atoms with Gasteiger partial charge in [-0.05, 0) is 60.7 Å². The van der Waals surface area contributed by atoms with Crippen molar-refractivity contribution in [1.29, 1.82) is 0 Å². The van der Waals surface area contributed by atoms with Gasteiger partial charge in [0.2, 0.25) is 11.3 Å².